The molecule has 1 fully saturated rings. The Balaban J connectivity index is 1.51. The lowest BCUT2D eigenvalue weighted by Gasteiger charge is -2.44. The summed E-state index contributed by atoms with van der Waals surface area (Å²) in [6, 6.07) is 9.36. The molecule has 1 saturated heterocycles. The van der Waals surface area contributed by atoms with Crippen LogP contribution in [0.4, 0.5) is 4.39 Å². The number of carbonyl (C=O) groups is 2. The van der Waals surface area contributed by atoms with Gasteiger partial charge in [-0.1, -0.05) is 17.7 Å². The van der Waals surface area contributed by atoms with E-state index in [0.29, 0.717) is 43.0 Å². The Bertz CT molecular complexity index is 933. The molecular weight excluding hydrogens is 385 g/mol. The summed E-state index contributed by atoms with van der Waals surface area (Å²) in [7, 11) is 1.55. The number of methoxy groups -OCH3 is 1. The van der Waals surface area contributed by atoms with Crippen LogP contribution in [0.15, 0.2) is 36.4 Å². The summed E-state index contributed by atoms with van der Waals surface area (Å²) >= 11 is 6.02. The Morgan fingerprint density at radius 1 is 1.25 bits per heavy atom. The highest BCUT2D eigenvalue weighted by Crippen LogP contribution is 2.40. The predicted octanol–water partition coefficient (Wildman–Crippen LogP) is 4.13. The third-order valence-electron chi connectivity index (χ3n) is 5.43. The van der Waals surface area contributed by atoms with E-state index < -0.39 is 17.3 Å². The molecule has 4 rings (SSSR count). The highest BCUT2D eigenvalue weighted by Gasteiger charge is 2.44. The summed E-state index contributed by atoms with van der Waals surface area (Å²) in [4.78, 5) is 27.0. The number of likely N-dealkylation sites (tertiary alicyclic amines) is 1. The van der Waals surface area contributed by atoms with Crippen molar-refractivity contribution in [3.05, 3.63) is 58.4 Å². The number of ether oxygens (including phenoxy) is 2. The van der Waals surface area contributed by atoms with E-state index >= 15 is 0 Å². The number of rotatable bonds is 2. The van der Waals surface area contributed by atoms with Gasteiger partial charge < -0.3 is 14.4 Å². The first-order chi connectivity index (χ1) is 13.4. The quantitative estimate of drug-likeness (QED) is 0.756. The Hall–Kier alpha value is -2.60. The van der Waals surface area contributed by atoms with Crippen LogP contribution in [0.1, 0.15) is 40.0 Å². The minimum atomic E-state index is -0.644. The molecule has 0 aliphatic carbocycles. The number of hydrogen-bond acceptors (Lipinski definition) is 4. The summed E-state index contributed by atoms with van der Waals surface area (Å²) < 4.78 is 25.4. The van der Waals surface area contributed by atoms with E-state index in [1.165, 1.54) is 18.2 Å². The molecule has 0 radical (unpaired) electrons. The molecular formula is C21H19ClFNO4. The van der Waals surface area contributed by atoms with Crippen LogP contribution < -0.4 is 9.47 Å². The zero-order valence-electron chi connectivity index (χ0n) is 15.3. The molecule has 0 saturated carbocycles. The molecule has 28 heavy (non-hydrogen) atoms. The minimum Gasteiger partial charge on any atom is -0.497 e. The first kappa shape index (κ1) is 18.7. The Labute approximate surface area is 167 Å². The summed E-state index contributed by atoms with van der Waals surface area (Å²) in [5.74, 6) is 0.0647. The summed E-state index contributed by atoms with van der Waals surface area (Å²) in [5.41, 5.74) is -0.242. The van der Waals surface area contributed by atoms with Gasteiger partial charge in [0.05, 0.1) is 29.7 Å². The Morgan fingerprint density at radius 2 is 2.00 bits per heavy atom. The molecule has 146 valence electrons. The molecule has 0 unspecified atom stereocenters. The van der Waals surface area contributed by atoms with Gasteiger partial charge in [0.15, 0.2) is 5.78 Å². The van der Waals surface area contributed by atoms with Crippen molar-refractivity contribution in [2.75, 3.05) is 20.2 Å². The highest BCUT2D eigenvalue weighted by atomic mass is 35.5. The van der Waals surface area contributed by atoms with E-state index in [1.54, 1.807) is 30.2 Å². The van der Waals surface area contributed by atoms with Gasteiger partial charge in [-0.2, -0.15) is 0 Å². The van der Waals surface area contributed by atoms with Crippen molar-refractivity contribution < 1.29 is 23.5 Å². The van der Waals surface area contributed by atoms with E-state index in [4.69, 9.17) is 21.1 Å². The van der Waals surface area contributed by atoms with E-state index in [2.05, 4.69) is 0 Å². The summed E-state index contributed by atoms with van der Waals surface area (Å²) in [6.45, 7) is 0.727. The number of halogens is 2. The van der Waals surface area contributed by atoms with Crippen molar-refractivity contribution in [2.24, 2.45) is 0 Å². The van der Waals surface area contributed by atoms with E-state index in [0.717, 1.165) is 0 Å². The molecule has 2 aliphatic rings. The second-order valence-electron chi connectivity index (χ2n) is 7.14. The van der Waals surface area contributed by atoms with Gasteiger partial charge in [-0.15, -0.1) is 0 Å². The Kier molecular flexibility index (Phi) is 4.75. The minimum absolute atomic E-state index is 0.00271. The number of amides is 1. The number of Topliss-reactive ketones (excluding diaryl/α,β-unsaturated/α-hetero) is 1. The normalized spacial score (nSPS) is 17.8. The molecule has 2 aromatic rings. The van der Waals surface area contributed by atoms with Crippen molar-refractivity contribution in [1.29, 1.82) is 0 Å². The molecule has 0 bridgehead atoms. The first-order valence-electron chi connectivity index (χ1n) is 9.06. The molecule has 1 amide bonds. The van der Waals surface area contributed by atoms with Gasteiger partial charge in [-0.3, -0.25) is 9.59 Å². The van der Waals surface area contributed by atoms with Crippen LogP contribution in [0.3, 0.4) is 0 Å². The average molecular weight is 404 g/mol. The highest BCUT2D eigenvalue weighted by molar-refractivity contribution is 6.33. The summed E-state index contributed by atoms with van der Waals surface area (Å²) in [6.07, 6.45) is 1.22. The largest absolute Gasteiger partial charge is 0.497 e. The van der Waals surface area contributed by atoms with Crippen LogP contribution in [0.5, 0.6) is 11.5 Å². The van der Waals surface area contributed by atoms with Gasteiger partial charge in [0.1, 0.15) is 22.9 Å². The zero-order valence-corrected chi connectivity index (χ0v) is 16.1. The fraction of sp³-hybridized carbons (Fsp3) is 0.333. The van der Waals surface area contributed by atoms with Crippen LogP contribution in [-0.4, -0.2) is 42.4 Å². The lowest BCUT2D eigenvalue weighted by molar-refractivity contribution is -0.00584. The number of piperidine rings is 1. The second kappa shape index (κ2) is 7.09. The molecule has 2 aromatic carbocycles. The fourth-order valence-electron chi connectivity index (χ4n) is 3.86. The second-order valence-corrected chi connectivity index (χ2v) is 7.54. The number of benzene rings is 2. The zero-order chi connectivity index (χ0) is 19.9. The third-order valence-corrected chi connectivity index (χ3v) is 5.75. The van der Waals surface area contributed by atoms with Gasteiger partial charge >= 0.3 is 0 Å². The van der Waals surface area contributed by atoms with Crippen molar-refractivity contribution in [1.82, 2.24) is 4.90 Å². The molecule has 1 spiro atoms. The maximum Gasteiger partial charge on any atom is 0.258 e. The summed E-state index contributed by atoms with van der Waals surface area (Å²) in [5, 5.41) is 0.0947. The van der Waals surface area contributed by atoms with Crippen molar-refractivity contribution >= 4 is 23.3 Å². The van der Waals surface area contributed by atoms with E-state index in [-0.39, 0.29) is 22.8 Å². The number of ketones is 1. The van der Waals surface area contributed by atoms with Crippen LogP contribution >= 0.6 is 11.6 Å². The fourth-order valence-corrected chi connectivity index (χ4v) is 4.10. The molecule has 2 heterocycles. The molecule has 7 heteroatoms. The van der Waals surface area contributed by atoms with Crippen LogP contribution in [0.25, 0.3) is 0 Å². The molecule has 0 N–H and O–H groups in total. The van der Waals surface area contributed by atoms with Gasteiger partial charge in [0, 0.05) is 25.9 Å². The molecule has 5 nitrogen and oxygen atoms in total. The van der Waals surface area contributed by atoms with Crippen LogP contribution in [0.2, 0.25) is 5.02 Å². The van der Waals surface area contributed by atoms with Crippen molar-refractivity contribution in [2.45, 2.75) is 24.9 Å². The topological polar surface area (TPSA) is 55.8 Å². The molecule has 2 aliphatic heterocycles. The average Bonchev–Trinajstić information content (AvgIpc) is 2.68. The number of carbonyl (C=O) groups excluding carboxylic acids is 2. The predicted molar refractivity (Wildman–Crippen MR) is 102 cm³/mol. The van der Waals surface area contributed by atoms with E-state index in [9.17, 15) is 14.0 Å². The van der Waals surface area contributed by atoms with Gasteiger partial charge in [0.2, 0.25) is 0 Å². The lowest BCUT2D eigenvalue weighted by Crippen LogP contribution is -2.52. The smallest absolute Gasteiger partial charge is 0.258 e. The van der Waals surface area contributed by atoms with Crippen molar-refractivity contribution in [3.63, 3.8) is 0 Å². The third kappa shape index (κ3) is 3.22. The monoisotopic (exact) mass is 403 g/mol. The number of fused-ring (bicyclic) bond motifs is 1. The SMILES string of the molecule is COc1ccc2c(c1)C(=O)CC1(CCN(C(=O)c3c(F)cccc3Cl)CC1)O2. The van der Waals surface area contributed by atoms with Gasteiger partial charge in [0.25, 0.3) is 5.91 Å². The van der Waals surface area contributed by atoms with Gasteiger partial charge in [-0.05, 0) is 30.3 Å². The number of nitrogens with zero attached hydrogens (tertiary/aromatic N) is 1. The molecule has 0 aromatic heterocycles. The van der Waals surface area contributed by atoms with E-state index in [1.807, 2.05) is 0 Å². The van der Waals surface area contributed by atoms with Gasteiger partial charge in [-0.25, -0.2) is 4.39 Å². The maximum absolute atomic E-state index is 14.1. The Morgan fingerprint density at radius 3 is 2.68 bits per heavy atom. The molecule has 0 atom stereocenters. The lowest BCUT2D eigenvalue weighted by atomic mass is 9.82. The van der Waals surface area contributed by atoms with Crippen LogP contribution in [-0.2, 0) is 0 Å². The number of hydrogen-bond donors (Lipinski definition) is 0. The standard InChI is InChI=1S/C21H19ClFNO4/c1-27-13-5-6-18-14(11-13)17(25)12-21(28-18)7-9-24(10-8-21)20(26)19-15(22)3-2-4-16(19)23/h2-6,11H,7-10,12H2,1H3. The maximum atomic E-state index is 14.1. The first-order valence-corrected chi connectivity index (χ1v) is 9.44. The van der Waals surface area contributed by atoms with Crippen molar-refractivity contribution in [3.8, 4) is 11.5 Å². The van der Waals surface area contributed by atoms with Crippen LogP contribution in [0, 0.1) is 5.82 Å².